The molecule has 0 radical (unpaired) electrons. The lowest BCUT2D eigenvalue weighted by Crippen LogP contribution is -2.45. The number of ether oxygens (including phenoxy) is 1. The second-order valence-electron chi connectivity index (χ2n) is 4.60. The van der Waals surface area contributed by atoms with Gasteiger partial charge in [0.2, 0.25) is 0 Å². The van der Waals surface area contributed by atoms with E-state index in [1.807, 2.05) is 31.2 Å². The second kappa shape index (κ2) is 5.36. The molecular formula is C13H18ClNO2. The average molecular weight is 256 g/mol. The molecule has 0 bridgehead atoms. The van der Waals surface area contributed by atoms with Crippen LogP contribution in [0.15, 0.2) is 24.3 Å². The first-order valence-electron chi connectivity index (χ1n) is 5.89. The van der Waals surface area contributed by atoms with E-state index in [1.54, 1.807) is 0 Å². The molecule has 1 heterocycles. The topological polar surface area (TPSA) is 41.5 Å². The molecule has 1 aliphatic heterocycles. The number of halogens is 1. The Kier molecular flexibility index (Phi) is 4.05. The molecule has 0 spiro atoms. The Bertz CT molecular complexity index is 385. The fourth-order valence-electron chi connectivity index (χ4n) is 2.07. The van der Waals surface area contributed by atoms with Crippen LogP contribution in [0, 0.1) is 0 Å². The Morgan fingerprint density at radius 1 is 1.59 bits per heavy atom. The number of nitrogens with one attached hydrogen (secondary N) is 1. The molecular weight excluding hydrogens is 238 g/mol. The van der Waals surface area contributed by atoms with Crippen molar-refractivity contribution >= 4 is 11.6 Å². The van der Waals surface area contributed by atoms with Crippen LogP contribution in [-0.2, 0) is 11.3 Å². The van der Waals surface area contributed by atoms with Gasteiger partial charge in [-0.05, 0) is 24.6 Å². The first kappa shape index (κ1) is 12.8. The van der Waals surface area contributed by atoms with E-state index in [9.17, 15) is 5.11 Å². The molecule has 0 aliphatic carbocycles. The summed E-state index contributed by atoms with van der Waals surface area (Å²) in [5, 5.41) is 14.3. The third-order valence-corrected chi connectivity index (χ3v) is 3.54. The molecule has 17 heavy (non-hydrogen) atoms. The van der Waals surface area contributed by atoms with Crippen LogP contribution < -0.4 is 5.32 Å². The molecule has 1 fully saturated rings. The third-order valence-electron chi connectivity index (χ3n) is 3.31. The fraction of sp³-hybridized carbons (Fsp3) is 0.538. The number of aliphatic hydroxyl groups is 1. The predicted octanol–water partition coefficient (Wildman–Crippen LogP) is 1.97. The monoisotopic (exact) mass is 255 g/mol. The van der Waals surface area contributed by atoms with Crippen molar-refractivity contribution in [3.63, 3.8) is 0 Å². The second-order valence-corrected chi connectivity index (χ2v) is 5.04. The van der Waals surface area contributed by atoms with Crippen molar-refractivity contribution in [2.24, 2.45) is 0 Å². The minimum atomic E-state index is -0.738. The maximum absolute atomic E-state index is 10.3. The zero-order chi connectivity index (χ0) is 12.3. The minimum Gasteiger partial charge on any atom is -0.386 e. The van der Waals surface area contributed by atoms with E-state index in [-0.39, 0.29) is 6.10 Å². The summed E-state index contributed by atoms with van der Waals surface area (Å²) in [5.74, 6) is 0. The van der Waals surface area contributed by atoms with E-state index in [0.717, 1.165) is 10.6 Å². The van der Waals surface area contributed by atoms with Gasteiger partial charge in [-0.15, -0.1) is 0 Å². The number of benzene rings is 1. The lowest BCUT2D eigenvalue weighted by Gasteiger charge is -2.26. The van der Waals surface area contributed by atoms with Gasteiger partial charge in [0.05, 0.1) is 6.10 Å². The van der Waals surface area contributed by atoms with Gasteiger partial charge in [0.25, 0.3) is 0 Å². The van der Waals surface area contributed by atoms with Gasteiger partial charge < -0.3 is 15.2 Å². The summed E-state index contributed by atoms with van der Waals surface area (Å²) in [6, 6.07) is 7.71. The maximum Gasteiger partial charge on any atom is 0.105 e. The van der Waals surface area contributed by atoms with Crippen LogP contribution in [0.2, 0.25) is 5.02 Å². The van der Waals surface area contributed by atoms with Gasteiger partial charge in [-0.2, -0.15) is 0 Å². The summed E-state index contributed by atoms with van der Waals surface area (Å²) < 4.78 is 5.38. The molecule has 0 saturated carbocycles. The van der Waals surface area contributed by atoms with Crippen molar-refractivity contribution in [3.8, 4) is 0 Å². The van der Waals surface area contributed by atoms with E-state index >= 15 is 0 Å². The highest BCUT2D eigenvalue weighted by Gasteiger charge is 2.38. The van der Waals surface area contributed by atoms with E-state index < -0.39 is 5.60 Å². The van der Waals surface area contributed by atoms with Gasteiger partial charge in [0, 0.05) is 31.1 Å². The lowest BCUT2D eigenvalue weighted by atomic mass is 9.96. The van der Waals surface area contributed by atoms with Gasteiger partial charge >= 0.3 is 0 Å². The molecule has 94 valence electrons. The Hall–Kier alpha value is -0.610. The van der Waals surface area contributed by atoms with E-state index in [4.69, 9.17) is 16.3 Å². The van der Waals surface area contributed by atoms with Crippen LogP contribution in [-0.4, -0.2) is 30.0 Å². The predicted molar refractivity (Wildman–Crippen MR) is 68.1 cm³/mol. The number of hydrogen-bond acceptors (Lipinski definition) is 3. The summed E-state index contributed by atoms with van der Waals surface area (Å²) in [4.78, 5) is 0. The Morgan fingerprint density at radius 3 is 3.06 bits per heavy atom. The molecule has 2 rings (SSSR count). The fourth-order valence-corrected chi connectivity index (χ4v) is 2.29. The van der Waals surface area contributed by atoms with Crippen molar-refractivity contribution in [1.82, 2.24) is 5.32 Å². The molecule has 0 amide bonds. The van der Waals surface area contributed by atoms with Crippen molar-refractivity contribution in [2.75, 3.05) is 13.2 Å². The SMILES string of the molecule is CC1OCCC1(O)CNCc1cccc(Cl)c1. The summed E-state index contributed by atoms with van der Waals surface area (Å²) in [6.45, 7) is 3.79. The van der Waals surface area contributed by atoms with E-state index in [2.05, 4.69) is 5.32 Å². The molecule has 1 saturated heterocycles. The first-order chi connectivity index (χ1) is 8.10. The molecule has 3 nitrogen and oxygen atoms in total. The van der Waals surface area contributed by atoms with Crippen LogP contribution in [0.5, 0.6) is 0 Å². The summed E-state index contributed by atoms with van der Waals surface area (Å²) >= 11 is 5.90. The molecule has 2 N–H and O–H groups in total. The Labute approximate surface area is 107 Å². The van der Waals surface area contributed by atoms with Crippen molar-refractivity contribution in [2.45, 2.75) is 31.6 Å². The quantitative estimate of drug-likeness (QED) is 0.864. The Morgan fingerprint density at radius 2 is 2.41 bits per heavy atom. The van der Waals surface area contributed by atoms with Gasteiger partial charge in [-0.1, -0.05) is 23.7 Å². The van der Waals surface area contributed by atoms with Crippen LogP contribution >= 0.6 is 11.6 Å². The van der Waals surface area contributed by atoms with Crippen molar-refractivity contribution in [1.29, 1.82) is 0 Å². The highest BCUT2D eigenvalue weighted by atomic mass is 35.5. The van der Waals surface area contributed by atoms with Crippen LogP contribution in [0.25, 0.3) is 0 Å². The van der Waals surface area contributed by atoms with Crippen LogP contribution in [0.1, 0.15) is 18.9 Å². The van der Waals surface area contributed by atoms with Crippen molar-refractivity contribution < 1.29 is 9.84 Å². The number of rotatable bonds is 4. The molecule has 2 atom stereocenters. The molecule has 1 aromatic carbocycles. The van der Waals surface area contributed by atoms with Gasteiger partial charge in [0.1, 0.15) is 5.60 Å². The van der Waals surface area contributed by atoms with E-state index in [1.165, 1.54) is 0 Å². The van der Waals surface area contributed by atoms with Gasteiger partial charge in [-0.3, -0.25) is 0 Å². The molecule has 2 unspecified atom stereocenters. The molecule has 1 aromatic rings. The first-order valence-corrected chi connectivity index (χ1v) is 6.27. The maximum atomic E-state index is 10.3. The molecule has 4 heteroatoms. The number of hydrogen-bond donors (Lipinski definition) is 2. The van der Waals surface area contributed by atoms with Gasteiger partial charge in [-0.25, -0.2) is 0 Å². The summed E-state index contributed by atoms with van der Waals surface area (Å²) in [5.41, 5.74) is 0.381. The largest absolute Gasteiger partial charge is 0.386 e. The highest BCUT2D eigenvalue weighted by molar-refractivity contribution is 6.30. The zero-order valence-electron chi connectivity index (χ0n) is 9.95. The van der Waals surface area contributed by atoms with Gasteiger partial charge in [0.15, 0.2) is 0 Å². The normalized spacial score (nSPS) is 28.5. The standard InChI is InChI=1S/C13H18ClNO2/c1-10-13(16,5-6-17-10)9-15-8-11-3-2-4-12(14)7-11/h2-4,7,10,15-16H,5-6,8-9H2,1H3. The van der Waals surface area contributed by atoms with E-state index in [0.29, 0.717) is 26.1 Å². The molecule has 1 aliphatic rings. The van der Waals surface area contributed by atoms with Crippen LogP contribution in [0.4, 0.5) is 0 Å². The minimum absolute atomic E-state index is 0.102. The highest BCUT2D eigenvalue weighted by Crippen LogP contribution is 2.24. The third kappa shape index (κ3) is 3.19. The summed E-state index contributed by atoms with van der Waals surface area (Å²) in [7, 11) is 0. The van der Waals surface area contributed by atoms with Crippen LogP contribution in [0.3, 0.4) is 0 Å². The Balaban J connectivity index is 1.83. The smallest absolute Gasteiger partial charge is 0.105 e. The molecule has 0 aromatic heterocycles. The summed E-state index contributed by atoms with van der Waals surface area (Å²) in [6.07, 6.45) is 0.589. The van der Waals surface area contributed by atoms with Crippen molar-refractivity contribution in [3.05, 3.63) is 34.9 Å². The average Bonchev–Trinajstić information content (AvgIpc) is 2.60. The zero-order valence-corrected chi connectivity index (χ0v) is 10.7. The lowest BCUT2D eigenvalue weighted by molar-refractivity contribution is -0.0262.